The lowest BCUT2D eigenvalue weighted by Gasteiger charge is -2.37. The summed E-state index contributed by atoms with van der Waals surface area (Å²) in [5.74, 6) is -0.770. The Balaban J connectivity index is 1.55. The quantitative estimate of drug-likeness (QED) is 0.591. The van der Waals surface area contributed by atoms with Crippen molar-refractivity contribution >= 4 is 0 Å². The topological polar surface area (TPSA) is 57.2 Å². The van der Waals surface area contributed by atoms with Gasteiger partial charge in [-0.2, -0.15) is 0 Å². The summed E-state index contributed by atoms with van der Waals surface area (Å²) in [5, 5.41) is 10.4. The van der Waals surface area contributed by atoms with Crippen LogP contribution >= 0.6 is 0 Å². The zero-order valence-corrected chi connectivity index (χ0v) is 18.3. The Morgan fingerprint density at radius 1 is 0.750 bits per heavy atom. The lowest BCUT2D eigenvalue weighted by atomic mass is 9.80. The van der Waals surface area contributed by atoms with Gasteiger partial charge in [0.1, 0.15) is 23.9 Å². The zero-order chi connectivity index (χ0) is 22.2. The number of benzene rings is 3. The monoisotopic (exact) mass is 432 g/mol. The Bertz CT molecular complexity index is 925. The van der Waals surface area contributed by atoms with Crippen molar-refractivity contribution in [1.29, 1.82) is 0 Å². The van der Waals surface area contributed by atoms with Crippen LogP contribution in [0, 0.1) is 0 Å². The van der Waals surface area contributed by atoms with Crippen LogP contribution in [0.4, 0.5) is 0 Å². The van der Waals surface area contributed by atoms with E-state index in [4.69, 9.17) is 18.9 Å². The van der Waals surface area contributed by atoms with Crippen LogP contribution in [0.2, 0.25) is 0 Å². The summed E-state index contributed by atoms with van der Waals surface area (Å²) in [6, 6.07) is 30.5. The molecular formula is C27H28O5. The first-order valence-electron chi connectivity index (χ1n) is 11.0. The number of ether oxygens (including phenoxy) is 4. The van der Waals surface area contributed by atoms with E-state index in [-0.39, 0.29) is 6.61 Å². The van der Waals surface area contributed by atoms with Crippen LogP contribution in [-0.2, 0) is 24.5 Å². The largest absolute Gasteiger partial charge is 0.366 e. The van der Waals surface area contributed by atoms with Crippen molar-refractivity contribution in [2.45, 2.75) is 49.8 Å². The molecule has 0 spiro atoms. The van der Waals surface area contributed by atoms with Gasteiger partial charge in [0, 0.05) is 0 Å². The number of fused-ring (bicyclic) bond motifs is 1. The molecule has 2 aliphatic rings. The second kappa shape index (κ2) is 8.43. The molecule has 4 atom stereocenters. The highest BCUT2D eigenvalue weighted by Crippen LogP contribution is 2.43. The Labute approximate surface area is 188 Å². The van der Waals surface area contributed by atoms with E-state index < -0.39 is 36.0 Å². The van der Waals surface area contributed by atoms with Gasteiger partial charge in [0.2, 0.25) is 0 Å². The highest BCUT2D eigenvalue weighted by molar-refractivity contribution is 5.47. The van der Waals surface area contributed by atoms with E-state index in [1.54, 1.807) is 0 Å². The first-order valence-corrected chi connectivity index (χ1v) is 11.0. The van der Waals surface area contributed by atoms with Gasteiger partial charge in [-0.1, -0.05) is 91.0 Å². The number of hydrogen-bond donors (Lipinski definition) is 1. The molecule has 32 heavy (non-hydrogen) atoms. The Hall–Kier alpha value is -2.54. The minimum Gasteiger partial charge on any atom is -0.366 e. The molecule has 2 aliphatic heterocycles. The molecule has 1 unspecified atom stereocenters. The molecule has 1 N–H and O–H groups in total. The summed E-state index contributed by atoms with van der Waals surface area (Å²) in [5.41, 5.74) is 2.18. The molecule has 0 aliphatic carbocycles. The lowest BCUT2D eigenvalue weighted by Crippen LogP contribution is -2.39. The predicted octanol–water partition coefficient (Wildman–Crippen LogP) is 4.23. The SMILES string of the molecule is CC1(C)O[C@H]2[C@H](COC(c3ccccc3)(c3ccccc3)c3ccccc3)OC(O)[C@H]2O1. The van der Waals surface area contributed by atoms with Crippen LogP contribution in [0.25, 0.3) is 0 Å². The van der Waals surface area contributed by atoms with Gasteiger partial charge in [-0.15, -0.1) is 0 Å². The Morgan fingerprint density at radius 2 is 1.19 bits per heavy atom. The molecule has 5 rings (SSSR count). The summed E-state index contributed by atoms with van der Waals surface area (Å²) in [7, 11) is 0. The third kappa shape index (κ3) is 3.76. The standard InChI is InChI=1S/C27H28O5/c1-26(2)31-23-22(30-25(28)24(23)32-26)18-29-27(19-12-6-3-7-13-19,20-14-8-4-9-15-20)21-16-10-5-11-17-21/h3-17,22-25,28H,18H2,1-2H3/t22-,23-,24-,25?/m0/s1. The summed E-state index contributed by atoms with van der Waals surface area (Å²) in [4.78, 5) is 0. The highest BCUT2D eigenvalue weighted by Gasteiger charge is 2.55. The first-order chi connectivity index (χ1) is 15.5. The number of aliphatic hydroxyl groups excluding tert-OH is 1. The average molecular weight is 433 g/mol. The van der Waals surface area contributed by atoms with Crippen LogP contribution in [0.1, 0.15) is 30.5 Å². The molecule has 2 saturated heterocycles. The summed E-state index contributed by atoms with van der Waals surface area (Å²) < 4.78 is 24.5. The van der Waals surface area contributed by atoms with Crippen molar-refractivity contribution < 1.29 is 24.1 Å². The fraction of sp³-hybridized carbons (Fsp3) is 0.333. The second-order valence-electron chi connectivity index (χ2n) is 8.72. The molecule has 0 aromatic heterocycles. The molecule has 0 radical (unpaired) electrons. The van der Waals surface area contributed by atoms with Crippen LogP contribution in [0.5, 0.6) is 0 Å². The van der Waals surface area contributed by atoms with Crippen molar-refractivity contribution in [2.75, 3.05) is 6.61 Å². The van der Waals surface area contributed by atoms with Crippen LogP contribution in [-0.4, -0.2) is 42.1 Å². The van der Waals surface area contributed by atoms with E-state index in [2.05, 4.69) is 36.4 Å². The first kappa shape index (κ1) is 21.3. The molecule has 0 saturated carbocycles. The van der Waals surface area contributed by atoms with E-state index in [0.717, 1.165) is 16.7 Å². The van der Waals surface area contributed by atoms with E-state index in [1.807, 2.05) is 68.4 Å². The highest BCUT2D eigenvalue weighted by atomic mass is 16.8. The van der Waals surface area contributed by atoms with Crippen molar-refractivity contribution in [3.63, 3.8) is 0 Å². The van der Waals surface area contributed by atoms with Gasteiger partial charge in [0.15, 0.2) is 12.1 Å². The minimum absolute atomic E-state index is 0.219. The van der Waals surface area contributed by atoms with E-state index >= 15 is 0 Å². The van der Waals surface area contributed by atoms with Crippen molar-refractivity contribution in [3.05, 3.63) is 108 Å². The number of rotatable bonds is 6. The maximum atomic E-state index is 10.4. The number of hydrogen-bond acceptors (Lipinski definition) is 5. The molecule has 5 nitrogen and oxygen atoms in total. The molecule has 3 aromatic carbocycles. The summed E-state index contributed by atoms with van der Waals surface area (Å²) in [6.07, 6.45) is -2.44. The predicted molar refractivity (Wildman–Crippen MR) is 120 cm³/mol. The fourth-order valence-electron chi connectivity index (χ4n) is 4.77. The van der Waals surface area contributed by atoms with Gasteiger partial charge in [0.25, 0.3) is 0 Å². The Kier molecular flexibility index (Phi) is 5.61. The zero-order valence-electron chi connectivity index (χ0n) is 18.3. The van der Waals surface area contributed by atoms with Crippen molar-refractivity contribution in [1.82, 2.24) is 0 Å². The van der Waals surface area contributed by atoms with Gasteiger partial charge in [-0.3, -0.25) is 0 Å². The van der Waals surface area contributed by atoms with Crippen LogP contribution < -0.4 is 0 Å². The lowest BCUT2D eigenvalue weighted by molar-refractivity contribution is -0.227. The minimum atomic E-state index is -1.05. The number of aliphatic hydroxyl groups is 1. The average Bonchev–Trinajstić information content (AvgIpc) is 3.29. The summed E-state index contributed by atoms with van der Waals surface area (Å²) in [6.45, 7) is 3.91. The van der Waals surface area contributed by atoms with Gasteiger partial charge in [0.05, 0.1) is 6.61 Å². The third-order valence-corrected chi connectivity index (χ3v) is 6.13. The van der Waals surface area contributed by atoms with Crippen molar-refractivity contribution in [3.8, 4) is 0 Å². The molecule has 166 valence electrons. The fourth-order valence-corrected chi connectivity index (χ4v) is 4.77. The van der Waals surface area contributed by atoms with E-state index in [9.17, 15) is 5.11 Å². The maximum absolute atomic E-state index is 10.4. The molecule has 2 fully saturated rings. The van der Waals surface area contributed by atoms with Crippen LogP contribution in [0.15, 0.2) is 91.0 Å². The summed E-state index contributed by atoms with van der Waals surface area (Å²) >= 11 is 0. The van der Waals surface area contributed by atoms with E-state index in [1.165, 1.54) is 0 Å². The molecule has 5 heteroatoms. The molecule has 3 aromatic rings. The second-order valence-corrected chi connectivity index (χ2v) is 8.72. The van der Waals surface area contributed by atoms with Gasteiger partial charge < -0.3 is 24.1 Å². The smallest absolute Gasteiger partial charge is 0.184 e. The molecular weight excluding hydrogens is 404 g/mol. The molecule has 0 amide bonds. The molecule has 2 heterocycles. The Morgan fingerprint density at radius 3 is 1.66 bits per heavy atom. The third-order valence-electron chi connectivity index (χ3n) is 6.13. The maximum Gasteiger partial charge on any atom is 0.184 e. The molecule has 0 bridgehead atoms. The van der Waals surface area contributed by atoms with Gasteiger partial charge >= 0.3 is 0 Å². The van der Waals surface area contributed by atoms with Gasteiger partial charge in [-0.05, 0) is 30.5 Å². The van der Waals surface area contributed by atoms with E-state index in [0.29, 0.717) is 0 Å². The van der Waals surface area contributed by atoms with Crippen LogP contribution in [0.3, 0.4) is 0 Å². The normalized spacial score (nSPS) is 26.7. The van der Waals surface area contributed by atoms with Gasteiger partial charge in [-0.25, -0.2) is 0 Å². The van der Waals surface area contributed by atoms with Crippen molar-refractivity contribution in [2.24, 2.45) is 0 Å².